The Morgan fingerprint density at radius 2 is 2.50 bits per heavy atom. The van der Waals surface area contributed by atoms with E-state index in [1.54, 1.807) is 6.20 Å². The third-order valence-corrected chi connectivity index (χ3v) is 3.01. The Bertz CT molecular complexity index is 278. The van der Waals surface area contributed by atoms with Gasteiger partial charge in [-0.1, -0.05) is 13.8 Å². The van der Waals surface area contributed by atoms with Crippen molar-refractivity contribution in [3.63, 3.8) is 0 Å². The van der Waals surface area contributed by atoms with Crippen molar-refractivity contribution in [3.05, 3.63) is 11.9 Å². The second-order valence-electron chi connectivity index (χ2n) is 4.95. The summed E-state index contributed by atoms with van der Waals surface area (Å²) in [6.45, 7) is 5.51. The van der Waals surface area contributed by atoms with Crippen LogP contribution in [-0.4, -0.2) is 21.5 Å². The van der Waals surface area contributed by atoms with Crippen LogP contribution in [0, 0.1) is 5.41 Å². The molecule has 1 atom stereocenters. The monoisotopic (exact) mass is 194 g/mol. The topological polar surface area (TPSA) is 53.6 Å². The molecule has 1 aliphatic rings. The maximum absolute atomic E-state index is 4.01. The van der Waals surface area contributed by atoms with Crippen molar-refractivity contribution in [2.45, 2.75) is 45.7 Å². The Balaban J connectivity index is 1.78. The molecule has 0 bridgehead atoms. The van der Waals surface area contributed by atoms with E-state index in [-0.39, 0.29) is 0 Å². The van der Waals surface area contributed by atoms with Crippen molar-refractivity contribution >= 4 is 0 Å². The molecule has 0 radical (unpaired) electrons. The number of hydrogen-bond donors (Lipinski definition) is 2. The lowest BCUT2D eigenvalue weighted by atomic mass is 9.92. The number of rotatable bonds is 3. The number of nitrogens with one attached hydrogen (secondary N) is 2. The maximum atomic E-state index is 4.01. The number of aromatic nitrogens is 3. The van der Waals surface area contributed by atoms with Gasteiger partial charge >= 0.3 is 0 Å². The quantitative estimate of drug-likeness (QED) is 0.766. The zero-order valence-electron chi connectivity index (χ0n) is 8.88. The molecular formula is C10H18N4. The lowest BCUT2D eigenvalue weighted by Crippen LogP contribution is -2.26. The predicted molar refractivity (Wildman–Crippen MR) is 54.6 cm³/mol. The average molecular weight is 194 g/mol. The van der Waals surface area contributed by atoms with Crippen LogP contribution in [0.25, 0.3) is 0 Å². The first kappa shape index (κ1) is 9.65. The van der Waals surface area contributed by atoms with Gasteiger partial charge in [-0.25, -0.2) is 0 Å². The van der Waals surface area contributed by atoms with Crippen LogP contribution in [-0.2, 0) is 6.54 Å². The molecule has 1 unspecified atom stereocenters. The molecule has 0 spiro atoms. The van der Waals surface area contributed by atoms with E-state index >= 15 is 0 Å². The normalized spacial score (nSPS) is 25.4. The molecule has 0 aliphatic heterocycles. The number of H-pyrrole nitrogens is 1. The van der Waals surface area contributed by atoms with Gasteiger partial charge in [0.15, 0.2) is 0 Å². The van der Waals surface area contributed by atoms with Crippen LogP contribution in [0.5, 0.6) is 0 Å². The summed E-state index contributed by atoms with van der Waals surface area (Å²) in [5.41, 5.74) is 1.51. The maximum Gasteiger partial charge on any atom is 0.0962 e. The van der Waals surface area contributed by atoms with Gasteiger partial charge in [0.1, 0.15) is 0 Å². The molecule has 2 rings (SSSR count). The first-order valence-electron chi connectivity index (χ1n) is 5.24. The van der Waals surface area contributed by atoms with Crippen LogP contribution in [0.4, 0.5) is 0 Å². The molecule has 1 fully saturated rings. The number of hydrogen-bond acceptors (Lipinski definition) is 3. The first-order chi connectivity index (χ1) is 6.66. The van der Waals surface area contributed by atoms with Gasteiger partial charge in [-0.3, -0.25) is 0 Å². The minimum atomic E-state index is 0.515. The molecule has 2 N–H and O–H groups in total. The molecule has 4 nitrogen and oxygen atoms in total. The molecule has 78 valence electrons. The summed E-state index contributed by atoms with van der Waals surface area (Å²) in [7, 11) is 0. The van der Waals surface area contributed by atoms with Crippen molar-refractivity contribution in [2.24, 2.45) is 5.41 Å². The smallest absolute Gasteiger partial charge is 0.0962 e. The van der Waals surface area contributed by atoms with Gasteiger partial charge in [0, 0.05) is 12.6 Å². The minimum absolute atomic E-state index is 0.515. The van der Waals surface area contributed by atoms with Gasteiger partial charge < -0.3 is 5.32 Å². The van der Waals surface area contributed by atoms with E-state index in [1.165, 1.54) is 19.3 Å². The summed E-state index contributed by atoms with van der Waals surface area (Å²) in [6, 6.07) is 0.654. The Kier molecular flexibility index (Phi) is 2.54. The van der Waals surface area contributed by atoms with E-state index in [9.17, 15) is 0 Å². The third-order valence-electron chi connectivity index (χ3n) is 3.01. The van der Waals surface area contributed by atoms with Crippen LogP contribution < -0.4 is 5.32 Å². The standard InChI is InChI=1S/C10H18N4/c1-10(2)4-3-8(5-10)11-6-9-7-12-14-13-9/h7-8,11H,3-6H2,1-2H3,(H,12,13,14). The van der Waals surface area contributed by atoms with Gasteiger partial charge in [0.2, 0.25) is 0 Å². The molecule has 1 aromatic rings. The van der Waals surface area contributed by atoms with Gasteiger partial charge in [-0.15, -0.1) is 0 Å². The highest BCUT2D eigenvalue weighted by Crippen LogP contribution is 2.36. The van der Waals surface area contributed by atoms with E-state index in [2.05, 4.69) is 34.6 Å². The Hall–Kier alpha value is -0.900. The molecule has 1 aliphatic carbocycles. The van der Waals surface area contributed by atoms with Crippen molar-refractivity contribution in [2.75, 3.05) is 0 Å². The molecule has 1 saturated carbocycles. The van der Waals surface area contributed by atoms with Crippen molar-refractivity contribution in [1.82, 2.24) is 20.7 Å². The summed E-state index contributed by atoms with van der Waals surface area (Å²) < 4.78 is 0. The van der Waals surface area contributed by atoms with E-state index in [0.717, 1.165) is 12.2 Å². The summed E-state index contributed by atoms with van der Waals surface area (Å²) in [5, 5.41) is 13.9. The molecule has 14 heavy (non-hydrogen) atoms. The van der Waals surface area contributed by atoms with Crippen LogP contribution in [0.1, 0.15) is 38.8 Å². The SMILES string of the molecule is CC1(C)CCC(NCc2cn[nH]n2)C1. The van der Waals surface area contributed by atoms with Crippen molar-refractivity contribution < 1.29 is 0 Å². The van der Waals surface area contributed by atoms with Gasteiger partial charge in [-0.05, 0) is 24.7 Å². The van der Waals surface area contributed by atoms with E-state index < -0.39 is 0 Å². The highest BCUT2D eigenvalue weighted by atomic mass is 15.3. The Morgan fingerprint density at radius 3 is 3.07 bits per heavy atom. The van der Waals surface area contributed by atoms with E-state index in [1.807, 2.05) is 0 Å². The third kappa shape index (κ3) is 2.32. The molecule has 1 heterocycles. The zero-order chi connectivity index (χ0) is 10.0. The van der Waals surface area contributed by atoms with Crippen LogP contribution in [0.3, 0.4) is 0 Å². The lowest BCUT2D eigenvalue weighted by molar-refractivity contribution is 0.364. The second kappa shape index (κ2) is 3.69. The lowest BCUT2D eigenvalue weighted by Gasteiger charge is -2.17. The predicted octanol–water partition coefficient (Wildman–Crippen LogP) is 1.47. The van der Waals surface area contributed by atoms with Crippen LogP contribution >= 0.6 is 0 Å². The van der Waals surface area contributed by atoms with E-state index in [4.69, 9.17) is 0 Å². The number of aromatic amines is 1. The minimum Gasteiger partial charge on any atom is -0.308 e. The second-order valence-corrected chi connectivity index (χ2v) is 4.95. The zero-order valence-corrected chi connectivity index (χ0v) is 8.88. The summed E-state index contributed by atoms with van der Waals surface area (Å²) in [4.78, 5) is 0. The molecular weight excluding hydrogens is 176 g/mol. The van der Waals surface area contributed by atoms with Crippen molar-refractivity contribution in [1.29, 1.82) is 0 Å². The summed E-state index contributed by atoms with van der Waals surface area (Å²) in [6.07, 6.45) is 5.65. The fraction of sp³-hybridized carbons (Fsp3) is 0.800. The molecule has 4 heteroatoms. The summed E-state index contributed by atoms with van der Waals surface area (Å²) in [5.74, 6) is 0. The highest BCUT2D eigenvalue weighted by Gasteiger charge is 2.30. The highest BCUT2D eigenvalue weighted by molar-refractivity contribution is 4.92. The van der Waals surface area contributed by atoms with E-state index in [0.29, 0.717) is 11.5 Å². The molecule has 0 saturated heterocycles. The molecule has 1 aromatic heterocycles. The molecule has 0 aromatic carbocycles. The Labute approximate surface area is 84.5 Å². The first-order valence-corrected chi connectivity index (χ1v) is 5.24. The largest absolute Gasteiger partial charge is 0.308 e. The summed E-state index contributed by atoms with van der Waals surface area (Å²) >= 11 is 0. The number of nitrogens with zero attached hydrogens (tertiary/aromatic N) is 2. The Morgan fingerprint density at radius 1 is 1.64 bits per heavy atom. The average Bonchev–Trinajstić information content (AvgIpc) is 2.70. The van der Waals surface area contributed by atoms with Gasteiger partial charge in [0.05, 0.1) is 11.9 Å². The van der Waals surface area contributed by atoms with Gasteiger partial charge in [-0.2, -0.15) is 15.4 Å². The fourth-order valence-electron chi connectivity index (χ4n) is 2.17. The fourth-order valence-corrected chi connectivity index (χ4v) is 2.17. The van der Waals surface area contributed by atoms with Crippen LogP contribution in [0.2, 0.25) is 0 Å². The van der Waals surface area contributed by atoms with Gasteiger partial charge in [0.25, 0.3) is 0 Å². The van der Waals surface area contributed by atoms with Crippen molar-refractivity contribution in [3.8, 4) is 0 Å². The van der Waals surface area contributed by atoms with Crippen LogP contribution in [0.15, 0.2) is 6.20 Å². The molecule has 0 amide bonds.